The second-order valence-electron chi connectivity index (χ2n) is 5.05. The van der Waals surface area contributed by atoms with Gasteiger partial charge in [-0.25, -0.2) is 13.1 Å². The SMILES string of the molecule is Cc1cc(N)cc(S(=O)(=O)NCCN(C)C(C)C)c1. The summed E-state index contributed by atoms with van der Waals surface area (Å²) in [5.41, 5.74) is 6.96. The molecule has 0 amide bonds. The maximum absolute atomic E-state index is 12.1. The summed E-state index contributed by atoms with van der Waals surface area (Å²) in [6.45, 7) is 7.00. The van der Waals surface area contributed by atoms with Crippen LogP contribution < -0.4 is 10.5 Å². The first-order chi connectivity index (χ1) is 8.72. The van der Waals surface area contributed by atoms with Crippen LogP contribution in [-0.2, 0) is 10.0 Å². The van der Waals surface area contributed by atoms with E-state index < -0.39 is 10.0 Å². The van der Waals surface area contributed by atoms with Gasteiger partial charge in [0, 0.05) is 24.8 Å². The summed E-state index contributed by atoms with van der Waals surface area (Å²) in [4.78, 5) is 2.30. The van der Waals surface area contributed by atoms with Crippen molar-refractivity contribution in [2.24, 2.45) is 0 Å². The molecule has 0 aliphatic heterocycles. The number of rotatable bonds is 6. The zero-order valence-electron chi connectivity index (χ0n) is 12.0. The van der Waals surface area contributed by atoms with Crippen LogP contribution >= 0.6 is 0 Å². The first-order valence-electron chi connectivity index (χ1n) is 6.29. The summed E-state index contributed by atoms with van der Waals surface area (Å²) in [7, 11) is -1.52. The van der Waals surface area contributed by atoms with Crippen LogP contribution in [0.1, 0.15) is 19.4 Å². The molecule has 3 N–H and O–H groups in total. The van der Waals surface area contributed by atoms with Crippen molar-refractivity contribution in [3.8, 4) is 0 Å². The Hall–Kier alpha value is -1.11. The molecule has 0 heterocycles. The van der Waals surface area contributed by atoms with Crippen molar-refractivity contribution in [3.05, 3.63) is 23.8 Å². The summed E-state index contributed by atoms with van der Waals surface area (Å²) >= 11 is 0. The number of hydrogen-bond donors (Lipinski definition) is 2. The molecule has 6 heteroatoms. The van der Waals surface area contributed by atoms with Gasteiger partial charge in [0.05, 0.1) is 4.90 Å². The van der Waals surface area contributed by atoms with Gasteiger partial charge in [-0.15, -0.1) is 0 Å². The van der Waals surface area contributed by atoms with E-state index >= 15 is 0 Å². The number of benzene rings is 1. The number of sulfonamides is 1. The Labute approximate surface area is 115 Å². The average molecular weight is 285 g/mol. The molecule has 0 aliphatic carbocycles. The monoisotopic (exact) mass is 285 g/mol. The molecular formula is C13H23N3O2S. The van der Waals surface area contributed by atoms with Crippen molar-refractivity contribution in [3.63, 3.8) is 0 Å². The van der Waals surface area contributed by atoms with Crippen molar-refractivity contribution in [1.82, 2.24) is 9.62 Å². The van der Waals surface area contributed by atoms with Crippen LogP contribution in [0.4, 0.5) is 5.69 Å². The molecule has 0 radical (unpaired) electrons. The third kappa shape index (κ3) is 4.81. The van der Waals surface area contributed by atoms with Crippen LogP contribution in [0.2, 0.25) is 0 Å². The molecule has 0 spiro atoms. The zero-order chi connectivity index (χ0) is 14.6. The second kappa shape index (κ2) is 6.36. The number of nitrogens with zero attached hydrogens (tertiary/aromatic N) is 1. The van der Waals surface area contributed by atoms with Crippen LogP contribution in [0, 0.1) is 6.92 Å². The minimum absolute atomic E-state index is 0.220. The Bertz CT molecular complexity index is 506. The van der Waals surface area contributed by atoms with E-state index in [0.29, 0.717) is 24.8 Å². The molecule has 5 nitrogen and oxygen atoms in total. The van der Waals surface area contributed by atoms with Gasteiger partial charge < -0.3 is 10.6 Å². The maximum Gasteiger partial charge on any atom is 0.240 e. The molecule has 0 saturated heterocycles. The van der Waals surface area contributed by atoms with Gasteiger partial charge in [0.2, 0.25) is 10.0 Å². The van der Waals surface area contributed by atoms with E-state index in [1.807, 2.05) is 14.0 Å². The van der Waals surface area contributed by atoms with Gasteiger partial charge in [0.25, 0.3) is 0 Å². The number of nitrogens with two attached hydrogens (primary N) is 1. The first-order valence-corrected chi connectivity index (χ1v) is 7.78. The lowest BCUT2D eigenvalue weighted by Gasteiger charge is -2.20. The van der Waals surface area contributed by atoms with Crippen molar-refractivity contribution in [1.29, 1.82) is 0 Å². The molecule has 108 valence electrons. The summed E-state index contributed by atoms with van der Waals surface area (Å²) in [5, 5.41) is 0. The molecule has 0 bridgehead atoms. The molecular weight excluding hydrogens is 262 g/mol. The quantitative estimate of drug-likeness (QED) is 0.770. The fourth-order valence-electron chi connectivity index (χ4n) is 1.63. The molecule has 1 aromatic rings. The normalized spacial score (nSPS) is 12.3. The topological polar surface area (TPSA) is 75.4 Å². The van der Waals surface area contributed by atoms with E-state index in [9.17, 15) is 8.42 Å². The number of anilines is 1. The van der Waals surface area contributed by atoms with E-state index in [1.165, 1.54) is 6.07 Å². The van der Waals surface area contributed by atoms with E-state index in [2.05, 4.69) is 23.5 Å². The maximum atomic E-state index is 12.1. The van der Waals surface area contributed by atoms with Gasteiger partial charge in [0.1, 0.15) is 0 Å². The molecule has 1 aromatic carbocycles. The largest absolute Gasteiger partial charge is 0.399 e. The highest BCUT2D eigenvalue weighted by Crippen LogP contribution is 2.15. The van der Waals surface area contributed by atoms with Crippen LogP contribution in [0.25, 0.3) is 0 Å². The fourth-order valence-corrected chi connectivity index (χ4v) is 2.79. The Morgan fingerprint density at radius 2 is 1.95 bits per heavy atom. The summed E-state index contributed by atoms with van der Waals surface area (Å²) in [5.74, 6) is 0. The molecule has 19 heavy (non-hydrogen) atoms. The summed E-state index contributed by atoms with van der Waals surface area (Å²) in [6.07, 6.45) is 0. The molecule has 0 fully saturated rings. The van der Waals surface area contributed by atoms with E-state index in [4.69, 9.17) is 5.73 Å². The van der Waals surface area contributed by atoms with Gasteiger partial charge >= 0.3 is 0 Å². The standard InChI is InChI=1S/C13H23N3O2S/c1-10(2)16(4)6-5-15-19(17,18)13-8-11(3)7-12(14)9-13/h7-10,15H,5-6,14H2,1-4H3. The Kier molecular flexibility index (Phi) is 5.34. The van der Waals surface area contributed by atoms with Gasteiger partial charge in [-0.3, -0.25) is 0 Å². The lowest BCUT2D eigenvalue weighted by Crippen LogP contribution is -2.36. The number of nitrogen functional groups attached to an aromatic ring is 1. The molecule has 1 rings (SSSR count). The highest BCUT2D eigenvalue weighted by molar-refractivity contribution is 7.89. The van der Waals surface area contributed by atoms with Crippen LogP contribution in [0.3, 0.4) is 0 Å². The van der Waals surface area contributed by atoms with E-state index in [1.54, 1.807) is 12.1 Å². The molecule has 0 aliphatic rings. The number of aryl methyl sites for hydroxylation is 1. The average Bonchev–Trinajstić information content (AvgIpc) is 2.27. The number of likely N-dealkylation sites (N-methyl/N-ethyl adjacent to an activating group) is 1. The predicted octanol–water partition coefficient (Wildman–Crippen LogP) is 1.20. The third-order valence-electron chi connectivity index (χ3n) is 3.02. The van der Waals surface area contributed by atoms with Crippen LogP contribution in [-0.4, -0.2) is 39.5 Å². The number of nitrogens with one attached hydrogen (secondary N) is 1. The van der Waals surface area contributed by atoms with Crippen LogP contribution in [0.5, 0.6) is 0 Å². The first kappa shape index (κ1) is 15.9. The van der Waals surface area contributed by atoms with Crippen molar-refractivity contribution in [2.75, 3.05) is 25.9 Å². The molecule has 0 saturated carbocycles. The van der Waals surface area contributed by atoms with Crippen molar-refractivity contribution >= 4 is 15.7 Å². The highest BCUT2D eigenvalue weighted by Gasteiger charge is 2.15. The van der Waals surface area contributed by atoms with E-state index in [0.717, 1.165) is 5.56 Å². The van der Waals surface area contributed by atoms with Gasteiger partial charge in [-0.1, -0.05) is 0 Å². The van der Waals surface area contributed by atoms with Crippen LogP contribution in [0.15, 0.2) is 23.1 Å². The Morgan fingerprint density at radius 1 is 1.32 bits per heavy atom. The van der Waals surface area contributed by atoms with Gasteiger partial charge in [-0.05, 0) is 51.6 Å². The molecule has 0 unspecified atom stereocenters. The lowest BCUT2D eigenvalue weighted by atomic mass is 10.2. The fraction of sp³-hybridized carbons (Fsp3) is 0.538. The van der Waals surface area contributed by atoms with Gasteiger partial charge in [-0.2, -0.15) is 0 Å². The predicted molar refractivity (Wildman–Crippen MR) is 78.5 cm³/mol. The van der Waals surface area contributed by atoms with Gasteiger partial charge in [0.15, 0.2) is 0 Å². The van der Waals surface area contributed by atoms with Crippen molar-refractivity contribution < 1.29 is 8.42 Å². The Balaban J connectivity index is 2.71. The number of hydrogen-bond acceptors (Lipinski definition) is 4. The third-order valence-corrected chi connectivity index (χ3v) is 4.46. The smallest absolute Gasteiger partial charge is 0.240 e. The zero-order valence-corrected chi connectivity index (χ0v) is 12.8. The van der Waals surface area contributed by atoms with E-state index in [-0.39, 0.29) is 4.90 Å². The molecule has 0 atom stereocenters. The highest BCUT2D eigenvalue weighted by atomic mass is 32.2. The summed E-state index contributed by atoms with van der Waals surface area (Å²) < 4.78 is 26.8. The van der Waals surface area contributed by atoms with Crippen molar-refractivity contribution in [2.45, 2.75) is 31.7 Å². The minimum Gasteiger partial charge on any atom is -0.399 e. The summed E-state index contributed by atoms with van der Waals surface area (Å²) in [6, 6.07) is 5.22. The molecule has 0 aromatic heterocycles. The Morgan fingerprint density at radius 3 is 2.47 bits per heavy atom. The minimum atomic E-state index is -3.48. The second-order valence-corrected chi connectivity index (χ2v) is 6.82. The lowest BCUT2D eigenvalue weighted by molar-refractivity contribution is 0.278.